The molecule has 1 heterocycles. The highest BCUT2D eigenvalue weighted by Gasteiger charge is 2.27. The molecule has 2 rings (SSSR count). The van der Waals surface area contributed by atoms with Gasteiger partial charge in [-0.1, -0.05) is 18.2 Å². The first kappa shape index (κ1) is 22.3. The molecule has 0 fully saturated rings. The molecule has 156 valence electrons. The summed E-state index contributed by atoms with van der Waals surface area (Å²) in [5.74, 6) is -0.508. The molecule has 0 aliphatic rings. The number of nitriles is 1. The van der Waals surface area contributed by atoms with Gasteiger partial charge in [0.2, 0.25) is 0 Å². The molecule has 1 atom stereocenters. The van der Waals surface area contributed by atoms with Gasteiger partial charge in [-0.25, -0.2) is 9.59 Å². The summed E-state index contributed by atoms with van der Waals surface area (Å²) in [6.07, 6.45) is 1.44. The van der Waals surface area contributed by atoms with Crippen LogP contribution in [0, 0.1) is 11.3 Å². The predicted octanol–water partition coefficient (Wildman–Crippen LogP) is 4.01. The van der Waals surface area contributed by atoms with Crippen molar-refractivity contribution in [1.82, 2.24) is 10.3 Å². The van der Waals surface area contributed by atoms with Crippen molar-refractivity contribution >= 4 is 23.0 Å². The van der Waals surface area contributed by atoms with E-state index < -0.39 is 23.7 Å². The molecule has 29 heavy (non-hydrogen) atoms. The van der Waals surface area contributed by atoms with Crippen molar-refractivity contribution in [3.63, 3.8) is 0 Å². The number of unbranched alkanes of at least 4 members (excludes halogenated alkanes) is 1. The Hall–Kier alpha value is -3.01. The Labute approximate surface area is 171 Å². The van der Waals surface area contributed by atoms with E-state index in [2.05, 4.69) is 16.4 Å². The van der Waals surface area contributed by atoms with E-state index in [9.17, 15) is 9.59 Å². The van der Waals surface area contributed by atoms with E-state index in [1.165, 1.54) is 0 Å². The first-order chi connectivity index (χ1) is 13.7. The van der Waals surface area contributed by atoms with Crippen LogP contribution in [0.2, 0.25) is 0 Å². The number of ether oxygens (including phenoxy) is 2. The van der Waals surface area contributed by atoms with E-state index in [0.717, 1.165) is 22.2 Å². The number of amides is 1. The van der Waals surface area contributed by atoms with Crippen LogP contribution in [0.1, 0.15) is 51.8 Å². The number of H-pyrrole nitrogens is 1. The molecule has 1 aromatic heterocycles. The molecule has 0 saturated heterocycles. The molecule has 0 spiro atoms. The summed E-state index contributed by atoms with van der Waals surface area (Å²) in [6, 6.07) is 9.08. The molecule has 0 aliphatic carbocycles. The summed E-state index contributed by atoms with van der Waals surface area (Å²) in [5, 5.41) is 12.5. The van der Waals surface area contributed by atoms with E-state index in [4.69, 9.17) is 14.7 Å². The summed E-state index contributed by atoms with van der Waals surface area (Å²) in [5.41, 5.74) is 2.18. The molecule has 2 N–H and O–H groups in total. The number of rotatable bonds is 8. The maximum absolute atomic E-state index is 12.5. The quantitative estimate of drug-likeness (QED) is 0.515. The molecular formula is C22H29N3O4. The Balaban J connectivity index is 2.32. The van der Waals surface area contributed by atoms with E-state index in [1.807, 2.05) is 24.3 Å². The summed E-state index contributed by atoms with van der Waals surface area (Å²) in [7, 11) is 0. The van der Waals surface area contributed by atoms with Crippen molar-refractivity contribution in [2.24, 2.45) is 0 Å². The number of carbonyl (C=O) groups excluding carboxylic acids is 2. The Morgan fingerprint density at radius 3 is 2.66 bits per heavy atom. The van der Waals surface area contributed by atoms with Gasteiger partial charge < -0.3 is 19.8 Å². The molecule has 0 aliphatic heterocycles. The largest absolute Gasteiger partial charge is 0.464 e. The Kier molecular flexibility index (Phi) is 7.66. The van der Waals surface area contributed by atoms with E-state index in [1.54, 1.807) is 27.7 Å². The van der Waals surface area contributed by atoms with Gasteiger partial charge in [0, 0.05) is 29.4 Å². The van der Waals surface area contributed by atoms with E-state index in [0.29, 0.717) is 19.3 Å². The highest BCUT2D eigenvalue weighted by atomic mass is 16.6. The number of carbonyl (C=O) groups is 2. The molecule has 0 saturated carbocycles. The Morgan fingerprint density at radius 1 is 1.28 bits per heavy atom. The fraction of sp³-hybridized carbons (Fsp3) is 0.500. The minimum absolute atomic E-state index is 0.217. The molecule has 0 unspecified atom stereocenters. The lowest BCUT2D eigenvalue weighted by Gasteiger charge is -2.23. The van der Waals surface area contributed by atoms with Crippen LogP contribution in [0.15, 0.2) is 24.3 Å². The third kappa shape index (κ3) is 6.53. The fourth-order valence-electron chi connectivity index (χ4n) is 3.14. The van der Waals surface area contributed by atoms with Gasteiger partial charge in [0.25, 0.3) is 0 Å². The maximum atomic E-state index is 12.5. The predicted molar refractivity (Wildman–Crippen MR) is 110 cm³/mol. The van der Waals surface area contributed by atoms with Gasteiger partial charge in [0.05, 0.1) is 12.7 Å². The van der Waals surface area contributed by atoms with Crippen molar-refractivity contribution in [3.05, 3.63) is 35.5 Å². The molecule has 1 aromatic carbocycles. The monoisotopic (exact) mass is 399 g/mol. The zero-order valence-electron chi connectivity index (χ0n) is 17.5. The third-order valence-corrected chi connectivity index (χ3v) is 4.29. The fourth-order valence-corrected chi connectivity index (χ4v) is 3.14. The second kappa shape index (κ2) is 9.97. The number of para-hydroxylation sites is 1. The minimum atomic E-state index is -0.876. The molecule has 2 aromatic rings. The van der Waals surface area contributed by atoms with Gasteiger partial charge in [0.1, 0.15) is 11.6 Å². The third-order valence-electron chi connectivity index (χ3n) is 4.29. The summed E-state index contributed by atoms with van der Waals surface area (Å²) >= 11 is 0. The lowest BCUT2D eigenvalue weighted by molar-refractivity contribution is -0.145. The zero-order chi connectivity index (χ0) is 21.4. The van der Waals surface area contributed by atoms with Crippen LogP contribution in [0.25, 0.3) is 10.9 Å². The van der Waals surface area contributed by atoms with Crippen molar-refractivity contribution < 1.29 is 19.1 Å². The van der Waals surface area contributed by atoms with Crippen LogP contribution >= 0.6 is 0 Å². The number of hydrogen-bond acceptors (Lipinski definition) is 5. The van der Waals surface area contributed by atoms with Crippen molar-refractivity contribution in [2.75, 3.05) is 6.61 Å². The number of esters is 1. The zero-order valence-corrected chi connectivity index (χ0v) is 17.5. The van der Waals surface area contributed by atoms with Gasteiger partial charge in [-0.05, 0) is 52.2 Å². The normalized spacial score (nSPS) is 12.2. The Morgan fingerprint density at radius 2 is 2.00 bits per heavy atom. The number of aryl methyl sites for hydroxylation is 1. The van der Waals surface area contributed by atoms with Crippen molar-refractivity contribution in [2.45, 2.75) is 65.0 Å². The molecule has 1 amide bonds. The van der Waals surface area contributed by atoms with Gasteiger partial charge in [-0.15, -0.1) is 0 Å². The average molecular weight is 399 g/mol. The number of aromatic amines is 1. The van der Waals surface area contributed by atoms with E-state index in [-0.39, 0.29) is 13.0 Å². The van der Waals surface area contributed by atoms with Crippen LogP contribution in [-0.4, -0.2) is 35.3 Å². The maximum Gasteiger partial charge on any atom is 0.408 e. The lowest BCUT2D eigenvalue weighted by Crippen LogP contribution is -2.45. The second-order valence-corrected chi connectivity index (χ2v) is 7.79. The smallest absolute Gasteiger partial charge is 0.408 e. The summed E-state index contributed by atoms with van der Waals surface area (Å²) in [6.45, 7) is 7.23. The van der Waals surface area contributed by atoms with Crippen molar-refractivity contribution in [1.29, 1.82) is 5.26 Å². The molecule has 7 heteroatoms. The number of hydrogen-bond donors (Lipinski definition) is 2. The highest BCUT2D eigenvalue weighted by Crippen LogP contribution is 2.25. The highest BCUT2D eigenvalue weighted by molar-refractivity contribution is 5.87. The van der Waals surface area contributed by atoms with Gasteiger partial charge in [-0.3, -0.25) is 0 Å². The Bertz CT molecular complexity index is 890. The summed E-state index contributed by atoms with van der Waals surface area (Å²) < 4.78 is 10.5. The number of nitrogens with one attached hydrogen (secondary N) is 2. The van der Waals surface area contributed by atoms with Crippen LogP contribution in [0.3, 0.4) is 0 Å². The first-order valence-corrected chi connectivity index (χ1v) is 9.86. The van der Waals surface area contributed by atoms with Gasteiger partial charge in [0.15, 0.2) is 0 Å². The molecule has 7 nitrogen and oxygen atoms in total. The standard InChI is InChI=1S/C22H29N3O4/c1-5-28-20(26)19(25-21(27)29-22(2,3)4)14-16-15-10-6-7-11-17(15)24-18(16)12-8-9-13-23/h6-7,10-11,19,24H,5,8-9,12,14H2,1-4H3,(H,25,27)/t19-/m0/s1. The molecule has 0 bridgehead atoms. The number of benzene rings is 1. The molecule has 0 radical (unpaired) electrons. The first-order valence-electron chi connectivity index (χ1n) is 9.86. The lowest BCUT2D eigenvalue weighted by atomic mass is 10.00. The van der Waals surface area contributed by atoms with Gasteiger partial charge in [-0.2, -0.15) is 5.26 Å². The number of fused-ring (bicyclic) bond motifs is 1. The second-order valence-electron chi connectivity index (χ2n) is 7.79. The number of nitrogens with zero attached hydrogens (tertiary/aromatic N) is 1. The van der Waals surface area contributed by atoms with Crippen molar-refractivity contribution in [3.8, 4) is 6.07 Å². The van der Waals surface area contributed by atoms with Gasteiger partial charge >= 0.3 is 12.1 Å². The van der Waals surface area contributed by atoms with Crippen LogP contribution in [0.4, 0.5) is 4.79 Å². The van der Waals surface area contributed by atoms with Crippen LogP contribution in [0.5, 0.6) is 0 Å². The SMILES string of the molecule is CCOC(=O)[C@H](Cc1c(CCCC#N)[nH]c2ccccc12)NC(=O)OC(C)(C)C. The minimum Gasteiger partial charge on any atom is -0.464 e. The van der Waals surface area contributed by atoms with Crippen LogP contribution < -0.4 is 5.32 Å². The average Bonchev–Trinajstić information content (AvgIpc) is 2.97. The number of aromatic nitrogens is 1. The number of alkyl carbamates (subject to hydrolysis) is 1. The van der Waals surface area contributed by atoms with E-state index >= 15 is 0 Å². The van der Waals surface area contributed by atoms with Crippen LogP contribution in [-0.2, 0) is 27.1 Å². The summed E-state index contributed by atoms with van der Waals surface area (Å²) in [4.78, 5) is 28.2. The molecular weight excluding hydrogens is 370 g/mol. The topological polar surface area (TPSA) is 104 Å².